The summed E-state index contributed by atoms with van der Waals surface area (Å²) in [5.74, 6) is 0.442. The van der Waals surface area contributed by atoms with Crippen LogP contribution < -0.4 is 0 Å². The van der Waals surface area contributed by atoms with Crippen molar-refractivity contribution in [3.8, 4) is 0 Å². The van der Waals surface area contributed by atoms with E-state index in [1.54, 1.807) is 7.11 Å². The Balaban J connectivity index is 2.13. The second kappa shape index (κ2) is 5.39. The van der Waals surface area contributed by atoms with Gasteiger partial charge >= 0.3 is 0 Å². The van der Waals surface area contributed by atoms with E-state index in [4.69, 9.17) is 9.47 Å². The van der Waals surface area contributed by atoms with Crippen molar-refractivity contribution in [1.82, 2.24) is 0 Å². The lowest BCUT2D eigenvalue weighted by Crippen LogP contribution is -2.57. The van der Waals surface area contributed by atoms with Crippen molar-refractivity contribution in [1.29, 1.82) is 0 Å². The predicted molar refractivity (Wildman–Crippen MR) is 76.5 cm³/mol. The van der Waals surface area contributed by atoms with E-state index in [2.05, 4.69) is 13.8 Å². The Morgan fingerprint density at radius 2 is 2.10 bits per heavy atom. The molecule has 0 aromatic carbocycles. The summed E-state index contributed by atoms with van der Waals surface area (Å²) in [4.78, 5) is 12.1. The number of carbonyl (C=O) groups excluding carboxylic acids is 1. The zero-order chi connectivity index (χ0) is 15.1. The van der Waals surface area contributed by atoms with Gasteiger partial charge in [-0.2, -0.15) is 0 Å². The molecule has 0 radical (unpaired) electrons. The molecule has 0 aromatic rings. The number of methoxy groups -OCH3 is 1. The van der Waals surface area contributed by atoms with Crippen LogP contribution in [0.3, 0.4) is 0 Å². The van der Waals surface area contributed by atoms with Crippen LogP contribution in [0.4, 0.5) is 0 Å². The van der Waals surface area contributed by atoms with Crippen LogP contribution in [0.2, 0.25) is 0 Å². The molecule has 4 heteroatoms. The molecule has 4 nitrogen and oxygen atoms in total. The van der Waals surface area contributed by atoms with Gasteiger partial charge in [-0.05, 0) is 39.0 Å². The zero-order valence-corrected chi connectivity index (χ0v) is 13.3. The maximum absolute atomic E-state index is 12.1. The minimum Gasteiger partial charge on any atom is -0.390 e. The SMILES string of the molecule is CO[C@@H]1C(=O)CC[C@@](C)(O)C1[C@@]1(C)O[C@@H]1CCC(C)C. The normalized spacial score (nSPS) is 45.0. The Labute approximate surface area is 121 Å². The first-order valence-electron chi connectivity index (χ1n) is 7.68. The molecule has 1 unspecified atom stereocenters. The van der Waals surface area contributed by atoms with Gasteiger partial charge < -0.3 is 14.6 Å². The summed E-state index contributed by atoms with van der Waals surface area (Å²) in [6.45, 7) is 8.21. The third kappa shape index (κ3) is 2.78. The second-order valence-electron chi connectivity index (χ2n) is 7.22. The van der Waals surface area contributed by atoms with Crippen molar-refractivity contribution in [2.45, 2.75) is 76.8 Å². The summed E-state index contributed by atoms with van der Waals surface area (Å²) >= 11 is 0. The fraction of sp³-hybridized carbons (Fsp3) is 0.938. The number of epoxide rings is 1. The van der Waals surface area contributed by atoms with Crippen LogP contribution in [0.25, 0.3) is 0 Å². The van der Waals surface area contributed by atoms with Gasteiger partial charge in [-0.25, -0.2) is 0 Å². The Bertz CT molecular complexity index is 377. The lowest BCUT2D eigenvalue weighted by atomic mass is 9.67. The molecule has 0 amide bonds. The van der Waals surface area contributed by atoms with Gasteiger partial charge in [-0.3, -0.25) is 4.79 Å². The number of aliphatic hydroxyl groups is 1. The molecule has 0 bridgehead atoms. The molecule has 1 aliphatic heterocycles. The highest BCUT2D eigenvalue weighted by molar-refractivity contribution is 5.85. The molecular weight excluding hydrogens is 256 g/mol. The summed E-state index contributed by atoms with van der Waals surface area (Å²) in [6.07, 6.45) is 2.53. The first-order valence-corrected chi connectivity index (χ1v) is 7.68. The van der Waals surface area contributed by atoms with E-state index in [0.29, 0.717) is 18.8 Å². The highest BCUT2D eigenvalue weighted by atomic mass is 16.6. The van der Waals surface area contributed by atoms with Gasteiger partial charge in [0.05, 0.1) is 17.6 Å². The molecule has 2 rings (SSSR count). The van der Waals surface area contributed by atoms with Crippen LogP contribution in [0.15, 0.2) is 0 Å². The third-order valence-corrected chi connectivity index (χ3v) is 5.02. The van der Waals surface area contributed by atoms with Crippen molar-refractivity contribution < 1.29 is 19.4 Å². The molecule has 2 aliphatic rings. The Hall–Kier alpha value is -0.450. The summed E-state index contributed by atoms with van der Waals surface area (Å²) in [5, 5.41) is 10.7. The van der Waals surface area contributed by atoms with Crippen LogP contribution in [-0.2, 0) is 14.3 Å². The number of ether oxygens (including phenoxy) is 2. The molecule has 1 aliphatic carbocycles. The molecular formula is C16H28O4. The number of ketones is 1. The van der Waals surface area contributed by atoms with Crippen molar-refractivity contribution in [3.63, 3.8) is 0 Å². The average molecular weight is 284 g/mol. The lowest BCUT2D eigenvalue weighted by Gasteiger charge is -2.43. The lowest BCUT2D eigenvalue weighted by molar-refractivity contribution is -0.160. The molecule has 1 saturated carbocycles. The Morgan fingerprint density at radius 1 is 1.45 bits per heavy atom. The maximum Gasteiger partial charge on any atom is 0.162 e. The van der Waals surface area contributed by atoms with Gasteiger partial charge in [-0.15, -0.1) is 0 Å². The number of carbonyl (C=O) groups is 1. The first kappa shape index (κ1) is 15.9. The molecule has 2 fully saturated rings. The van der Waals surface area contributed by atoms with Crippen molar-refractivity contribution in [2.24, 2.45) is 11.8 Å². The van der Waals surface area contributed by atoms with Gasteiger partial charge in [0.25, 0.3) is 0 Å². The fourth-order valence-electron chi connectivity index (χ4n) is 3.75. The molecule has 1 heterocycles. The average Bonchev–Trinajstić information content (AvgIpc) is 3.01. The van der Waals surface area contributed by atoms with E-state index < -0.39 is 17.3 Å². The minimum atomic E-state index is -0.907. The van der Waals surface area contributed by atoms with Crippen LogP contribution >= 0.6 is 0 Å². The second-order valence-corrected chi connectivity index (χ2v) is 7.22. The summed E-state index contributed by atoms with van der Waals surface area (Å²) < 4.78 is 11.3. The topological polar surface area (TPSA) is 59.1 Å². The minimum absolute atomic E-state index is 0.0864. The van der Waals surface area contributed by atoms with E-state index in [0.717, 1.165) is 12.8 Å². The van der Waals surface area contributed by atoms with E-state index in [9.17, 15) is 9.90 Å². The van der Waals surface area contributed by atoms with Gasteiger partial charge in [-0.1, -0.05) is 13.8 Å². The van der Waals surface area contributed by atoms with Gasteiger partial charge in [0.2, 0.25) is 0 Å². The largest absolute Gasteiger partial charge is 0.390 e. The quantitative estimate of drug-likeness (QED) is 0.787. The summed E-state index contributed by atoms with van der Waals surface area (Å²) in [5.41, 5.74) is -1.34. The van der Waals surface area contributed by atoms with Crippen LogP contribution in [0.5, 0.6) is 0 Å². The third-order valence-electron chi connectivity index (χ3n) is 5.02. The zero-order valence-electron chi connectivity index (χ0n) is 13.3. The molecule has 5 atom stereocenters. The highest BCUT2D eigenvalue weighted by Gasteiger charge is 2.66. The summed E-state index contributed by atoms with van der Waals surface area (Å²) in [7, 11) is 1.55. The van der Waals surface area contributed by atoms with Crippen molar-refractivity contribution >= 4 is 5.78 Å². The standard InChI is InChI=1S/C16H28O4/c1-10(2)6-7-12-16(4,20-12)14-13(19-5)11(17)8-9-15(14,3)18/h10,12-14,18H,6-9H2,1-5H3/t12-,13-,14?,15-,16+/m1/s1. The monoisotopic (exact) mass is 284 g/mol. The van der Waals surface area contributed by atoms with E-state index >= 15 is 0 Å². The van der Waals surface area contributed by atoms with Crippen LogP contribution in [0, 0.1) is 11.8 Å². The molecule has 116 valence electrons. The molecule has 0 spiro atoms. The van der Waals surface area contributed by atoms with Crippen molar-refractivity contribution in [3.05, 3.63) is 0 Å². The Kier molecular flexibility index (Phi) is 4.30. The van der Waals surface area contributed by atoms with E-state index in [1.807, 2.05) is 13.8 Å². The first-order chi connectivity index (χ1) is 9.22. The van der Waals surface area contributed by atoms with Crippen LogP contribution in [0.1, 0.15) is 53.4 Å². The smallest absolute Gasteiger partial charge is 0.162 e. The predicted octanol–water partition coefficient (Wildman–Crippen LogP) is 2.33. The number of hydrogen-bond acceptors (Lipinski definition) is 4. The van der Waals surface area contributed by atoms with E-state index in [-0.39, 0.29) is 17.8 Å². The van der Waals surface area contributed by atoms with Crippen LogP contribution in [-0.4, -0.2) is 41.4 Å². The highest BCUT2D eigenvalue weighted by Crippen LogP contribution is 2.53. The number of rotatable bonds is 5. The summed E-state index contributed by atoms with van der Waals surface area (Å²) in [6, 6.07) is 0. The molecule has 1 N–H and O–H groups in total. The molecule has 20 heavy (non-hydrogen) atoms. The molecule has 1 saturated heterocycles. The van der Waals surface area contributed by atoms with Crippen molar-refractivity contribution in [2.75, 3.05) is 7.11 Å². The van der Waals surface area contributed by atoms with Gasteiger partial charge in [0, 0.05) is 13.5 Å². The Morgan fingerprint density at radius 3 is 2.65 bits per heavy atom. The van der Waals surface area contributed by atoms with E-state index in [1.165, 1.54) is 0 Å². The molecule has 0 aromatic heterocycles. The number of Topliss-reactive ketones (excluding diaryl/α,β-unsaturated/α-hetero) is 1. The van der Waals surface area contributed by atoms with Gasteiger partial charge in [0.1, 0.15) is 11.7 Å². The maximum atomic E-state index is 12.1. The van der Waals surface area contributed by atoms with Gasteiger partial charge in [0.15, 0.2) is 5.78 Å². The fourth-order valence-corrected chi connectivity index (χ4v) is 3.75. The number of hydrogen-bond donors (Lipinski definition) is 1.